The highest BCUT2D eigenvalue weighted by Gasteiger charge is 2.18. The van der Waals surface area contributed by atoms with E-state index in [4.69, 9.17) is 4.74 Å². The minimum absolute atomic E-state index is 0.361. The molecule has 0 radical (unpaired) electrons. The van der Waals surface area contributed by atoms with Gasteiger partial charge in [-0.1, -0.05) is 17.7 Å². The number of esters is 1. The highest BCUT2D eigenvalue weighted by atomic mass is 16.5. The summed E-state index contributed by atoms with van der Waals surface area (Å²) in [6.07, 6.45) is 2.10. The minimum Gasteiger partial charge on any atom is -0.449 e. The summed E-state index contributed by atoms with van der Waals surface area (Å²) in [5.41, 5.74) is 2.13. The van der Waals surface area contributed by atoms with Gasteiger partial charge in [-0.05, 0) is 38.1 Å². The largest absolute Gasteiger partial charge is 0.449 e. The topological polar surface area (TPSA) is 68.3 Å². The van der Waals surface area contributed by atoms with Gasteiger partial charge in [-0.2, -0.15) is 0 Å². The molecule has 5 nitrogen and oxygen atoms in total. The average molecular weight is 284 g/mol. The number of pyridine rings is 1. The lowest BCUT2D eigenvalue weighted by atomic mass is 10.2. The van der Waals surface area contributed by atoms with Crippen LogP contribution in [-0.2, 0) is 9.53 Å². The summed E-state index contributed by atoms with van der Waals surface area (Å²) >= 11 is 0. The molecule has 0 spiro atoms. The maximum Gasteiger partial charge on any atom is 0.339 e. The van der Waals surface area contributed by atoms with Crippen molar-refractivity contribution in [3.63, 3.8) is 0 Å². The number of ether oxygens (including phenoxy) is 1. The first-order chi connectivity index (χ1) is 10.1. The number of benzene rings is 1. The standard InChI is InChI=1S/C16H16N2O3/c1-11-3-5-14(6-4-11)18-15(19)12(2)21-16(20)13-7-9-17-10-8-13/h3-10,12H,1-2H3,(H,18,19)/t12-/m1/s1. The lowest BCUT2D eigenvalue weighted by Crippen LogP contribution is -2.30. The molecule has 1 amide bonds. The molecule has 0 unspecified atom stereocenters. The predicted molar refractivity (Wildman–Crippen MR) is 78.9 cm³/mol. The molecule has 1 aromatic carbocycles. The number of rotatable bonds is 4. The van der Waals surface area contributed by atoms with Crippen LogP contribution in [0.1, 0.15) is 22.8 Å². The van der Waals surface area contributed by atoms with E-state index in [0.29, 0.717) is 11.3 Å². The van der Waals surface area contributed by atoms with Crippen LogP contribution in [0.5, 0.6) is 0 Å². The molecule has 1 N–H and O–H groups in total. The second kappa shape index (κ2) is 6.65. The summed E-state index contributed by atoms with van der Waals surface area (Å²) in [5.74, 6) is -0.926. The number of aryl methyl sites for hydroxylation is 1. The molecule has 0 bridgehead atoms. The average Bonchev–Trinajstić information content (AvgIpc) is 2.50. The third-order valence-electron chi connectivity index (χ3n) is 2.89. The smallest absolute Gasteiger partial charge is 0.339 e. The summed E-state index contributed by atoms with van der Waals surface area (Å²) in [6.45, 7) is 3.49. The molecular weight excluding hydrogens is 268 g/mol. The van der Waals surface area contributed by atoms with Gasteiger partial charge in [0.2, 0.25) is 0 Å². The lowest BCUT2D eigenvalue weighted by molar-refractivity contribution is -0.123. The molecular formula is C16H16N2O3. The van der Waals surface area contributed by atoms with E-state index in [9.17, 15) is 9.59 Å². The number of anilines is 1. The second-order valence-electron chi connectivity index (χ2n) is 4.64. The molecule has 1 heterocycles. The quantitative estimate of drug-likeness (QED) is 0.876. The van der Waals surface area contributed by atoms with Crippen LogP contribution in [0.3, 0.4) is 0 Å². The molecule has 2 aromatic rings. The fourth-order valence-corrected chi connectivity index (χ4v) is 1.65. The number of hydrogen-bond donors (Lipinski definition) is 1. The summed E-state index contributed by atoms with van der Waals surface area (Å²) < 4.78 is 5.12. The summed E-state index contributed by atoms with van der Waals surface area (Å²) in [5, 5.41) is 2.70. The van der Waals surface area contributed by atoms with Gasteiger partial charge in [-0.15, -0.1) is 0 Å². The first-order valence-corrected chi connectivity index (χ1v) is 6.55. The van der Waals surface area contributed by atoms with Crippen molar-refractivity contribution >= 4 is 17.6 Å². The molecule has 2 rings (SSSR count). The van der Waals surface area contributed by atoms with Gasteiger partial charge in [0.15, 0.2) is 6.10 Å². The number of carbonyl (C=O) groups excluding carboxylic acids is 2. The Bertz CT molecular complexity index is 624. The van der Waals surface area contributed by atoms with Crippen LogP contribution in [0.4, 0.5) is 5.69 Å². The van der Waals surface area contributed by atoms with Crippen molar-refractivity contribution in [1.29, 1.82) is 0 Å². The van der Waals surface area contributed by atoms with E-state index in [0.717, 1.165) is 5.56 Å². The zero-order valence-electron chi connectivity index (χ0n) is 11.9. The molecule has 0 aliphatic heterocycles. The van der Waals surface area contributed by atoms with Crippen molar-refractivity contribution in [2.45, 2.75) is 20.0 Å². The van der Waals surface area contributed by atoms with Gasteiger partial charge in [-0.3, -0.25) is 9.78 Å². The number of aromatic nitrogens is 1. The highest BCUT2D eigenvalue weighted by Crippen LogP contribution is 2.10. The Hall–Kier alpha value is -2.69. The molecule has 0 fully saturated rings. The van der Waals surface area contributed by atoms with E-state index in [2.05, 4.69) is 10.3 Å². The molecule has 1 aromatic heterocycles. The van der Waals surface area contributed by atoms with Crippen molar-refractivity contribution in [3.05, 3.63) is 59.9 Å². The number of carbonyl (C=O) groups is 2. The maximum atomic E-state index is 12.0. The monoisotopic (exact) mass is 284 g/mol. The van der Waals surface area contributed by atoms with E-state index in [1.165, 1.54) is 31.5 Å². The van der Waals surface area contributed by atoms with Crippen LogP contribution in [-0.4, -0.2) is 23.0 Å². The van der Waals surface area contributed by atoms with E-state index >= 15 is 0 Å². The maximum absolute atomic E-state index is 12.0. The molecule has 108 valence electrons. The molecule has 1 atom stereocenters. The molecule has 0 saturated carbocycles. The van der Waals surface area contributed by atoms with E-state index in [-0.39, 0.29) is 5.91 Å². The van der Waals surface area contributed by atoms with Crippen LogP contribution in [0, 0.1) is 6.92 Å². The number of amides is 1. The lowest BCUT2D eigenvalue weighted by Gasteiger charge is -2.13. The molecule has 21 heavy (non-hydrogen) atoms. The molecule has 0 aliphatic rings. The Morgan fingerprint density at radius 2 is 1.71 bits per heavy atom. The van der Waals surface area contributed by atoms with Crippen LogP contribution in [0.25, 0.3) is 0 Å². The van der Waals surface area contributed by atoms with Crippen LogP contribution in [0.2, 0.25) is 0 Å². The van der Waals surface area contributed by atoms with Gasteiger partial charge in [0.05, 0.1) is 5.56 Å². The number of hydrogen-bond acceptors (Lipinski definition) is 4. The van der Waals surface area contributed by atoms with Crippen LogP contribution >= 0.6 is 0 Å². The van der Waals surface area contributed by atoms with Gasteiger partial charge >= 0.3 is 5.97 Å². The van der Waals surface area contributed by atoms with Crippen LogP contribution in [0.15, 0.2) is 48.8 Å². The summed E-state index contributed by atoms with van der Waals surface area (Å²) in [6, 6.07) is 10.4. The third-order valence-corrected chi connectivity index (χ3v) is 2.89. The Labute approximate surface area is 123 Å². The van der Waals surface area contributed by atoms with Crippen molar-refractivity contribution in [1.82, 2.24) is 4.98 Å². The molecule has 0 aliphatic carbocycles. The summed E-state index contributed by atoms with van der Waals surface area (Å²) in [4.78, 5) is 27.6. The second-order valence-corrected chi connectivity index (χ2v) is 4.64. The Balaban J connectivity index is 1.93. The normalized spacial score (nSPS) is 11.5. The first kappa shape index (κ1) is 14.7. The number of nitrogens with zero attached hydrogens (tertiary/aromatic N) is 1. The fraction of sp³-hybridized carbons (Fsp3) is 0.188. The van der Waals surface area contributed by atoms with Gasteiger partial charge in [0.1, 0.15) is 0 Å². The minimum atomic E-state index is -0.882. The summed E-state index contributed by atoms with van der Waals surface area (Å²) in [7, 11) is 0. The third kappa shape index (κ3) is 4.14. The van der Waals surface area contributed by atoms with Gasteiger partial charge in [0, 0.05) is 18.1 Å². The van der Waals surface area contributed by atoms with Gasteiger partial charge < -0.3 is 10.1 Å². The van der Waals surface area contributed by atoms with Gasteiger partial charge in [-0.25, -0.2) is 4.79 Å². The SMILES string of the molecule is Cc1ccc(NC(=O)[C@@H](C)OC(=O)c2ccncc2)cc1. The predicted octanol–water partition coefficient (Wildman–Crippen LogP) is 2.57. The fourth-order valence-electron chi connectivity index (χ4n) is 1.65. The highest BCUT2D eigenvalue weighted by molar-refractivity contribution is 5.97. The van der Waals surface area contributed by atoms with Crippen molar-refractivity contribution in [2.75, 3.05) is 5.32 Å². The van der Waals surface area contributed by atoms with Crippen molar-refractivity contribution in [3.8, 4) is 0 Å². The van der Waals surface area contributed by atoms with E-state index in [1.54, 1.807) is 12.1 Å². The van der Waals surface area contributed by atoms with Crippen molar-refractivity contribution < 1.29 is 14.3 Å². The number of nitrogens with one attached hydrogen (secondary N) is 1. The Morgan fingerprint density at radius 3 is 2.33 bits per heavy atom. The van der Waals surface area contributed by atoms with E-state index < -0.39 is 12.1 Å². The zero-order chi connectivity index (χ0) is 15.2. The van der Waals surface area contributed by atoms with Crippen LogP contribution < -0.4 is 5.32 Å². The Morgan fingerprint density at radius 1 is 1.10 bits per heavy atom. The Kier molecular flexibility index (Phi) is 4.66. The van der Waals surface area contributed by atoms with Crippen molar-refractivity contribution in [2.24, 2.45) is 0 Å². The molecule has 5 heteroatoms. The molecule has 0 saturated heterocycles. The zero-order valence-corrected chi connectivity index (χ0v) is 11.9. The van der Waals surface area contributed by atoms with Gasteiger partial charge in [0.25, 0.3) is 5.91 Å². The first-order valence-electron chi connectivity index (χ1n) is 6.55. The van der Waals surface area contributed by atoms with E-state index in [1.807, 2.05) is 19.1 Å².